The van der Waals surface area contributed by atoms with Crippen molar-refractivity contribution in [3.05, 3.63) is 28.0 Å². The summed E-state index contributed by atoms with van der Waals surface area (Å²) >= 11 is 6.85. The van der Waals surface area contributed by atoms with E-state index >= 15 is 0 Å². The Morgan fingerprint density at radius 2 is 1.94 bits per heavy atom. The summed E-state index contributed by atoms with van der Waals surface area (Å²) in [7, 11) is 1.56. The van der Waals surface area contributed by atoms with E-state index in [1.165, 1.54) is 6.07 Å². The molecule has 0 heterocycles. The van der Waals surface area contributed by atoms with Crippen LogP contribution in [0.25, 0.3) is 0 Å². The number of halogens is 3. The monoisotopic (exact) mass is 366 g/mol. The van der Waals surface area contributed by atoms with Crippen molar-refractivity contribution in [3.63, 3.8) is 0 Å². The second-order valence-corrected chi connectivity index (χ2v) is 6.41. The maximum Gasteiger partial charge on any atom is 0.141 e. The fraction of sp³-hybridized carbons (Fsp3) is 0.538. The lowest BCUT2D eigenvalue weighted by Gasteiger charge is -2.16. The molecule has 0 saturated heterocycles. The third kappa shape index (κ3) is 4.25. The molecule has 1 nitrogen and oxygen atoms in total. The number of methoxy groups -OCH3 is 1. The molecule has 4 heteroatoms. The third-order valence-corrected chi connectivity index (χ3v) is 4.17. The highest BCUT2D eigenvalue weighted by Gasteiger charge is 2.16. The second kappa shape index (κ2) is 6.74. The van der Waals surface area contributed by atoms with E-state index in [0.29, 0.717) is 16.1 Å². The Labute approximate surface area is 119 Å². The number of hydrogen-bond donors (Lipinski definition) is 0. The van der Waals surface area contributed by atoms with Gasteiger partial charge in [0, 0.05) is 16.5 Å². The molecule has 0 spiro atoms. The first-order valence-electron chi connectivity index (χ1n) is 5.62. The van der Waals surface area contributed by atoms with E-state index in [1.54, 1.807) is 13.2 Å². The van der Waals surface area contributed by atoms with Crippen LogP contribution in [0.15, 0.2) is 16.6 Å². The van der Waals surface area contributed by atoms with Crippen LogP contribution in [0.3, 0.4) is 0 Å². The molecule has 0 aliphatic rings. The number of hydrogen-bond acceptors (Lipinski definition) is 1. The highest BCUT2D eigenvalue weighted by atomic mass is 79.9. The van der Waals surface area contributed by atoms with Gasteiger partial charge in [0.1, 0.15) is 11.6 Å². The van der Waals surface area contributed by atoms with Gasteiger partial charge in [-0.3, -0.25) is 0 Å². The van der Waals surface area contributed by atoms with Gasteiger partial charge in [0.15, 0.2) is 0 Å². The van der Waals surface area contributed by atoms with E-state index in [-0.39, 0.29) is 10.6 Å². The van der Waals surface area contributed by atoms with Gasteiger partial charge in [-0.1, -0.05) is 29.8 Å². The van der Waals surface area contributed by atoms with E-state index in [4.69, 9.17) is 4.74 Å². The lowest BCUT2D eigenvalue weighted by molar-refractivity contribution is 0.404. The van der Waals surface area contributed by atoms with Crippen LogP contribution >= 0.6 is 31.9 Å². The van der Waals surface area contributed by atoms with Crippen LogP contribution in [-0.4, -0.2) is 7.11 Å². The van der Waals surface area contributed by atoms with Crippen molar-refractivity contribution < 1.29 is 9.13 Å². The van der Waals surface area contributed by atoms with Crippen molar-refractivity contribution in [2.45, 2.75) is 31.5 Å². The molecule has 0 N–H and O–H groups in total. The van der Waals surface area contributed by atoms with Gasteiger partial charge in [0.05, 0.1) is 11.6 Å². The third-order valence-electron chi connectivity index (χ3n) is 2.61. The molecule has 0 aliphatic heterocycles. The molecule has 1 rings (SSSR count). The van der Waals surface area contributed by atoms with Crippen molar-refractivity contribution in [3.8, 4) is 5.75 Å². The molecule has 1 aromatic rings. The zero-order valence-corrected chi connectivity index (χ0v) is 13.4. The van der Waals surface area contributed by atoms with Crippen LogP contribution in [0.5, 0.6) is 5.75 Å². The highest BCUT2D eigenvalue weighted by molar-refractivity contribution is 9.10. The van der Waals surface area contributed by atoms with Crippen molar-refractivity contribution >= 4 is 31.9 Å². The molecule has 0 fully saturated rings. The molecule has 96 valence electrons. The summed E-state index contributed by atoms with van der Waals surface area (Å²) in [5.41, 5.74) is 0.987. The number of rotatable bonds is 5. The zero-order valence-electron chi connectivity index (χ0n) is 10.3. The summed E-state index contributed by atoms with van der Waals surface area (Å²) in [4.78, 5) is 0.191. The minimum absolute atomic E-state index is 0.191. The maximum atomic E-state index is 13.4. The van der Waals surface area contributed by atoms with Crippen LogP contribution in [0.4, 0.5) is 4.39 Å². The second-order valence-electron chi connectivity index (χ2n) is 4.45. The lowest BCUT2D eigenvalue weighted by Crippen LogP contribution is -1.99. The standard InChI is InChI=1S/C13H17Br2FO/c1-8(2)4-5-10(14)9-6-11(15)12(16)7-13(9)17-3/h6-8,10H,4-5H2,1-3H3. The Kier molecular flexibility index (Phi) is 5.93. The van der Waals surface area contributed by atoms with Crippen molar-refractivity contribution in [1.82, 2.24) is 0 Å². The minimum atomic E-state index is -0.297. The van der Waals surface area contributed by atoms with Crippen molar-refractivity contribution in [2.75, 3.05) is 7.11 Å². The topological polar surface area (TPSA) is 9.23 Å². The van der Waals surface area contributed by atoms with E-state index in [0.717, 1.165) is 18.4 Å². The molecule has 0 saturated carbocycles. The van der Waals surface area contributed by atoms with Gasteiger partial charge in [-0.05, 0) is 40.8 Å². The maximum absolute atomic E-state index is 13.4. The van der Waals surface area contributed by atoms with E-state index in [1.807, 2.05) is 0 Å². The SMILES string of the molecule is COc1cc(F)c(Br)cc1C(Br)CCC(C)C. The van der Waals surface area contributed by atoms with Crippen LogP contribution in [0, 0.1) is 11.7 Å². The van der Waals surface area contributed by atoms with Crippen LogP contribution < -0.4 is 4.74 Å². The van der Waals surface area contributed by atoms with Crippen LogP contribution in [-0.2, 0) is 0 Å². The molecule has 0 amide bonds. The van der Waals surface area contributed by atoms with Gasteiger partial charge in [0.25, 0.3) is 0 Å². The molecular formula is C13H17Br2FO. The van der Waals surface area contributed by atoms with Gasteiger partial charge >= 0.3 is 0 Å². The molecule has 1 unspecified atom stereocenters. The summed E-state index contributed by atoms with van der Waals surface area (Å²) in [5.74, 6) is 0.954. The van der Waals surface area contributed by atoms with E-state index in [9.17, 15) is 4.39 Å². The highest BCUT2D eigenvalue weighted by Crippen LogP contribution is 2.38. The van der Waals surface area contributed by atoms with Crippen LogP contribution in [0.1, 0.15) is 37.1 Å². The zero-order chi connectivity index (χ0) is 13.0. The van der Waals surface area contributed by atoms with Gasteiger partial charge in [0.2, 0.25) is 0 Å². The van der Waals surface area contributed by atoms with Crippen molar-refractivity contribution in [2.24, 2.45) is 5.92 Å². The van der Waals surface area contributed by atoms with Crippen molar-refractivity contribution in [1.29, 1.82) is 0 Å². The summed E-state index contributed by atoms with van der Waals surface area (Å²) in [6.07, 6.45) is 2.13. The van der Waals surface area contributed by atoms with E-state index < -0.39 is 0 Å². The van der Waals surface area contributed by atoms with Gasteiger partial charge < -0.3 is 4.74 Å². The smallest absolute Gasteiger partial charge is 0.141 e. The normalized spacial score (nSPS) is 12.9. The molecular weight excluding hydrogens is 351 g/mol. The van der Waals surface area contributed by atoms with Crippen LogP contribution in [0.2, 0.25) is 0 Å². The average Bonchev–Trinajstić information content (AvgIpc) is 2.28. The fourth-order valence-electron chi connectivity index (χ4n) is 1.60. The number of alkyl halides is 1. The average molecular weight is 368 g/mol. The Balaban J connectivity index is 2.91. The van der Waals surface area contributed by atoms with E-state index in [2.05, 4.69) is 45.7 Å². The molecule has 17 heavy (non-hydrogen) atoms. The minimum Gasteiger partial charge on any atom is -0.496 e. The summed E-state index contributed by atoms with van der Waals surface area (Å²) < 4.78 is 19.1. The largest absolute Gasteiger partial charge is 0.496 e. The van der Waals surface area contributed by atoms with Gasteiger partial charge in [-0.25, -0.2) is 4.39 Å². The Hall–Kier alpha value is -0.0900. The predicted molar refractivity (Wildman–Crippen MR) is 76.4 cm³/mol. The first-order chi connectivity index (χ1) is 7.95. The van der Waals surface area contributed by atoms with Gasteiger partial charge in [-0.2, -0.15) is 0 Å². The fourth-order valence-corrected chi connectivity index (χ4v) is 2.58. The molecule has 1 aromatic carbocycles. The first-order valence-corrected chi connectivity index (χ1v) is 7.33. The number of ether oxygens (including phenoxy) is 1. The Morgan fingerprint density at radius 3 is 2.47 bits per heavy atom. The summed E-state index contributed by atoms with van der Waals surface area (Å²) in [6.45, 7) is 4.38. The number of benzene rings is 1. The molecule has 0 aromatic heterocycles. The molecule has 0 bridgehead atoms. The van der Waals surface area contributed by atoms with Gasteiger partial charge in [-0.15, -0.1) is 0 Å². The quantitative estimate of drug-likeness (QED) is 0.627. The Morgan fingerprint density at radius 1 is 1.29 bits per heavy atom. The predicted octanol–water partition coefficient (Wildman–Crippen LogP) is 5.47. The Bertz CT molecular complexity index is 380. The lowest BCUT2D eigenvalue weighted by atomic mass is 10.0. The molecule has 1 atom stereocenters. The molecule has 0 radical (unpaired) electrons. The summed E-state index contributed by atoms with van der Waals surface area (Å²) in [6, 6.07) is 3.21. The first kappa shape index (κ1) is 15.0. The summed E-state index contributed by atoms with van der Waals surface area (Å²) in [5, 5.41) is 0. The molecule has 0 aliphatic carbocycles.